The number of methoxy groups -OCH3 is 1. The lowest BCUT2D eigenvalue weighted by molar-refractivity contribution is 0.310. The summed E-state index contributed by atoms with van der Waals surface area (Å²) in [6, 6.07) is 12.1. The third-order valence-corrected chi connectivity index (χ3v) is 3.15. The Morgan fingerprint density at radius 1 is 1.25 bits per heavy atom. The van der Waals surface area contributed by atoms with Gasteiger partial charge in [-0.15, -0.1) is 5.10 Å². The fourth-order valence-electron chi connectivity index (χ4n) is 2.04. The molecule has 0 saturated carbocycles. The molecule has 1 unspecified atom stereocenters. The number of anilines is 1. The van der Waals surface area contributed by atoms with Gasteiger partial charge >= 0.3 is 0 Å². The van der Waals surface area contributed by atoms with Gasteiger partial charge in [0, 0.05) is 12.7 Å². The lowest BCUT2D eigenvalue weighted by Crippen LogP contribution is -2.27. The molecule has 0 fully saturated rings. The molecule has 5 nitrogen and oxygen atoms in total. The van der Waals surface area contributed by atoms with Crippen LogP contribution in [0, 0.1) is 0 Å². The molecule has 0 radical (unpaired) electrons. The van der Waals surface area contributed by atoms with Gasteiger partial charge in [-0.2, -0.15) is 5.10 Å². The Bertz CT molecular complexity index is 530. The zero-order valence-electron chi connectivity index (χ0n) is 12.1. The zero-order chi connectivity index (χ0) is 14.4. The van der Waals surface area contributed by atoms with E-state index < -0.39 is 0 Å². The van der Waals surface area contributed by atoms with E-state index in [0.717, 1.165) is 18.1 Å². The highest BCUT2D eigenvalue weighted by atomic mass is 16.5. The molecule has 0 aliphatic carbocycles. The van der Waals surface area contributed by atoms with E-state index in [9.17, 15) is 0 Å². The third kappa shape index (κ3) is 3.68. The SMILES string of the molecule is COc1cccc(C(CNc2cccnn2)N(C)C)c1. The standard InChI is InChI=1S/C15H20N4O/c1-19(2)14(11-16-15-8-5-9-17-18-15)12-6-4-7-13(10-12)20-3/h4-10,14H,11H2,1-3H3,(H,16,18). The van der Waals surface area contributed by atoms with Crippen molar-refractivity contribution in [3.05, 3.63) is 48.2 Å². The van der Waals surface area contributed by atoms with Crippen molar-refractivity contribution in [3.8, 4) is 5.75 Å². The molecule has 20 heavy (non-hydrogen) atoms. The molecule has 106 valence electrons. The summed E-state index contributed by atoms with van der Waals surface area (Å²) in [4.78, 5) is 2.16. The summed E-state index contributed by atoms with van der Waals surface area (Å²) in [5, 5.41) is 11.2. The lowest BCUT2D eigenvalue weighted by Gasteiger charge is -2.25. The van der Waals surface area contributed by atoms with Crippen LogP contribution >= 0.6 is 0 Å². The monoisotopic (exact) mass is 272 g/mol. The van der Waals surface area contributed by atoms with Crippen molar-refractivity contribution < 1.29 is 4.74 Å². The maximum absolute atomic E-state index is 5.29. The van der Waals surface area contributed by atoms with Crippen molar-refractivity contribution in [2.24, 2.45) is 0 Å². The van der Waals surface area contributed by atoms with Gasteiger partial charge in [-0.1, -0.05) is 12.1 Å². The molecular formula is C15H20N4O. The smallest absolute Gasteiger partial charge is 0.148 e. The molecule has 0 aliphatic rings. The van der Waals surface area contributed by atoms with Gasteiger partial charge in [0.25, 0.3) is 0 Å². The van der Waals surface area contributed by atoms with E-state index in [1.807, 2.05) is 24.3 Å². The van der Waals surface area contributed by atoms with Crippen LogP contribution in [-0.4, -0.2) is 42.8 Å². The average molecular weight is 272 g/mol. The second-order valence-electron chi connectivity index (χ2n) is 4.75. The highest BCUT2D eigenvalue weighted by molar-refractivity contribution is 5.35. The number of likely N-dealkylation sites (N-methyl/N-ethyl adjacent to an activating group) is 1. The van der Waals surface area contributed by atoms with Crippen LogP contribution in [0.1, 0.15) is 11.6 Å². The Morgan fingerprint density at radius 2 is 2.10 bits per heavy atom. The van der Waals surface area contributed by atoms with Crippen LogP contribution in [-0.2, 0) is 0 Å². The van der Waals surface area contributed by atoms with Gasteiger partial charge in [-0.3, -0.25) is 0 Å². The Hall–Kier alpha value is -2.14. The molecule has 0 spiro atoms. The molecule has 0 aliphatic heterocycles. The van der Waals surface area contributed by atoms with E-state index in [1.54, 1.807) is 13.3 Å². The molecule has 1 N–H and O–H groups in total. The number of nitrogens with zero attached hydrogens (tertiary/aromatic N) is 3. The minimum absolute atomic E-state index is 0.229. The highest BCUT2D eigenvalue weighted by Gasteiger charge is 2.14. The molecule has 0 bridgehead atoms. The molecule has 1 aromatic carbocycles. The van der Waals surface area contributed by atoms with Crippen molar-refractivity contribution in [2.45, 2.75) is 6.04 Å². The maximum atomic E-state index is 5.29. The Labute approximate surface area is 119 Å². The first-order chi connectivity index (χ1) is 9.70. The zero-order valence-corrected chi connectivity index (χ0v) is 12.1. The lowest BCUT2D eigenvalue weighted by atomic mass is 10.1. The Kier molecular flexibility index (Phi) is 4.90. The topological polar surface area (TPSA) is 50.3 Å². The number of rotatable bonds is 6. The van der Waals surface area contributed by atoms with E-state index in [4.69, 9.17) is 4.74 Å². The molecule has 0 amide bonds. The second-order valence-corrected chi connectivity index (χ2v) is 4.75. The Morgan fingerprint density at radius 3 is 2.75 bits per heavy atom. The predicted molar refractivity (Wildman–Crippen MR) is 79.9 cm³/mol. The average Bonchev–Trinajstić information content (AvgIpc) is 2.48. The molecule has 1 aromatic heterocycles. The fourth-order valence-corrected chi connectivity index (χ4v) is 2.04. The molecule has 2 rings (SSSR count). The van der Waals surface area contributed by atoms with Crippen molar-refractivity contribution >= 4 is 5.82 Å². The van der Waals surface area contributed by atoms with Crippen molar-refractivity contribution in [1.82, 2.24) is 15.1 Å². The van der Waals surface area contributed by atoms with Crippen molar-refractivity contribution in [2.75, 3.05) is 33.1 Å². The van der Waals surface area contributed by atoms with Gasteiger partial charge in [-0.25, -0.2) is 0 Å². The minimum atomic E-state index is 0.229. The first kappa shape index (κ1) is 14.3. The number of ether oxygens (including phenoxy) is 1. The first-order valence-corrected chi connectivity index (χ1v) is 6.52. The summed E-state index contributed by atoms with van der Waals surface area (Å²) >= 11 is 0. The highest BCUT2D eigenvalue weighted by Crippen LogP contribution is 2.22. The van der Waals surface area contributed by atoms with Crippen LogP contribution < -0.4 is 10.1 Å². The van der Waals surface area contributed by atoms with Crippen LogP contribution in [0.15, 0.2) is 42.6 Å². The molecule has 1 heterocycles. The van der Waals surface area contributed by atoms with Crippen molar-refractivity contribution in [1.29, 1.82) is 0 Å². The summed E-state index contributed by atoms with van der Waals surface area (Å²) in [7, 11) is 5.80. The van der Waals surface area contributed by atoms with E-state index in [0.29, 0.717) is 0 Å². The molecule has 5 heteroatoms. The van der Waals surface area contributed by atoms with Gasteiger partial charge in [0.1, 0.15) is 11.6 Å². The van der Waals surface area contributed by atoms with Gasteiger partial charge in [-0.05, 0) is 43.9 Å². The molecular weight excluding hydrogens is 252 g/mol. The Balaban J connectivity index is 2.10. The van der Waals surface area contributed by atoms with E-state index in [-0.39, 0.29) is 6.04 Å². The number of nitrogens with one attached hydrogen (secondary N) is 1. The summed E-state index contributed by atoms with van der Waals surface area (Å²) in [5.74, 6) is 1.65. The third-order valence-electron chi connectivity index (χ3n) is 3.15. The fraction of sp³-hybridized carbons (Fsp3) is 0.333. The number of benzene rings is 1. The molecule has 0 saturated heterocycles. The number of aromatic nitrogens is 2. The van der Waals surface area contributed by atoms with Gasteiger partial charge in [0.2, 0.25) is 0 Å². The van der Waals surface area contributed by atoms with Crippen LogP contribution in [0.2, 0.25) is 0 Å². The van der Waals surface area contributed by atoms with Crippen molar-refractivity contribution in [3.63, 3.8) is 0 Å². The predicted octanol–water partition coefficient (Wildman–Crippen LogP) is 2.20. The number of hydrogen-bond donors (Lipinski definition) is 1. The van der Waals surface area contributed by atoms with E-state index in [1.165, 1.54) is 5.56 Å². The normalized spacial score (nSPS) is 12.2. The largest absolute Gasteiger partial charge is 0.497 e. The summed E-state index contributed by atoms with van der Waals surface area (Å²) < 4.78 is 5.29. The number of hydrogen-bond acceptors (Lipinski definition) is 5. The summed E-state index contributed by atoms with van der Waals surface area (Å²) in [6.45, 7) is 0.749. The van der Waals surface area contributed by atoms with Crippen LogP contribution in [0.3, 0.4) is 0 Å². The maximum Gasteiger partial charge on any atom is 0.148 e. The van der Waals surface area contributed by atoms with Gasteiger partial charge in [0.15, 0.2) is 0 Å². The quantitative estimate of drug-likeness (QED) is 0.873. The molecule has 1 atom stereocenters. The van der Waals surface area contributed by atoms with Crippen LogP contribution in [0.4, 0.5) is 5.82 Å². The van der Waals surface area contributed by atoms with Gasteiger partial charge < -0.3 is 15.0 Å². The van der Waals surface area contributed by atoms with Gasteiger partial charge in [0.05, 0.1) is 13.2 Å². The van der Waals surface area contributed by atoms with Crippen LogP contribution in [0.25, 0.3) is 0 Å². The second kappa shape index (κ2) is 6.86. The van der Waals surface area contributed by atoms with E-state index in [2.05, 4.69) is 46.6 Å². The molecule has 2 aromatic rings. The minimum Gasteiger partial charge on any atom is -0.497 e. The summed E-state index contributed by atoms with van der Waals surface area (Å²) in [5.41, 5.74) is 1.20. The summed E-state index contributed by atoms with van der Waals surface area (Å²) in [6.07, 6.45) is 1.66. The van der Waals surface area contributed by atoms with E-state index >= 15 is 0 Å². The first-order valence-electron chi connectivity index (χ1n) is 6.52. The van der Waals surface area contributed by atoms with Crippen LogP contribution in [0.5, 0.6) is 5.75 Å².